The Kier molecular flexibility index (Phi) is 7.04. The molecular formula is C25H33N3O3S. The Morgan fingerprint density at radius 2 is 2.06 bits per heavy atom. The quantitative estimate of drug-likeness (QED) is 0.645. The summed E-state index contributed by atoms with van der Waals surface area (Å²) in [6, 6.07) is 7.97. The van der Waals surface area contributed by atoms with Crippen LogP contribution in [0.25, 0.3) is 0 Å². The van der Waals surface area contributed by atoms with Crippen molar-refractivity contribution < 1.29 is 14.3 Å². The van der Waals surface area contributed by atoms with Crippen molar-refractivity contribution in [1.82, 2.24) is 15.1 Å². The van der Waals surface area contributed by atoms with Crippen LogP contribution >= 0.6 is 11.3 Å². The summed E-state index contributed by atoms with van der Waals surface area (Å²) in [6.07, 6.45) is 3.12. The molecule has 1 aromatic heterocycles. The van der Waals surface area contributed by atoms with Gasteiger partial charge < -0.3 is 19.9 Å². The molecule has 0 bridgehead atoms. The molecule has 1 aromatic carbocycles. The number of nitrogens with zero attached hydrogens (tertiary/aromatic N) is 2. The number of urea groups is 1. The van der Waals surface area contributed by atoms with Crippen LogP contribution < -0.4 is 10.1 Å². The lowest BCUT2D eigenvalue weighted by molar-refractivity contribution is -0.135. The minimum Gasteiger partial charge on any atom is -0.491 e. The van der Waals surface area contributed by atoms with Crippen LogP contribution in [0.2, 0.25) is 0 Å². The highest BCUT2D eigenvalue weighted by Crippen LogP contribution is 2.35. The van der Waals surface area contributed by atoms with E-state index in [1.54, 1.807) is 16.2 Å². The number of ether oxygens (including phenoxy) is 1. The van der Waals surface area contributed by atoms with Gasteiger partial charge in [0.1, 0.15) is 18.9 Å². The van der Waals surface area contributed by atoms with Crippen molar-refractivity contribution in [3.8, 4) is 5.75 Å². The maximum Gasteiger partial charge on any atom is 0.317 e. The standard InChI is InChI=1S/C25H33N3O3S/c1-4-26-25(30)27(14-19-6-7-19)15-24(29)28-11-9-23-20(10-12-32-23)21(28)16-31-22-8-5-17(2)13-18(22)3/h5,8,10,12-13,19,21H,4,6-7,9,11,14-16H2,1-3H3,(H,26,30)/t21-/m1/s1. The summed E-state index contributed by atoms with van der Waals surface area (Å²) < 4.78 is 6.22. The maximum absolute atomic E-state index is 13.4. The van der Waals surface area contributed by atoms with Crippen molar-refractivity contribution >= 4 is 23.3 Å². The van der Waals surface area contributed by atoms with Gasteiger partial charge in [-0.15, -0.1) is 11.3 Å². The second kappa shape index (κ2) is 9.94. The first-order valence-corrected chi connectivity index (χ1v) is 12.4. The smallest absolute Gasteiger partial charge is 0.317 e. The van der Waals surface area contributed by atoms with Crippen molar-refractivity contribution in [1.29, 1.82) is 0 Å². The van der Waals surface area contributed by atoms with Gasteiger partial charge in [0, 0.05) is 24.5 Å². The highest BCUT2D eigenvalue weighted by molar-refractivity contribution is 7.10. The number of carbonyl (C=O) groups excluding carboxylic acids is 2. The molecule has 0 spiro atoms. The van der Waals surface area contributed by atoms with E-state index in [9.17, 15) is 9.59 Å². The Morgan fingerprint density at radius 3 is 2.78 bits per heavy atom. The minimum atomic E-state index is -0.149. The second-order valence-corrected chi connectivity index (χ2v) is 9.89. The fourth-order valence-corrected chi connectivity index (χ4v) is 5.28. The van der Waals surface area contributed by atoms with E-state index in [4.69, 9.17) is 4.74 Å². The molecule has 1 atom stereocenters. The number of carbonyl (C=O) groups is 2. The van der Waals surface area contributed by atoms with Crippen LogP contribution in [0.1, 0.15) is 47.4 Å². The molecule has 32 heavy (non-hydrogen) atoms. The van der Waals surface area contributed by atoms with Crippen LogP contribution in [0.3, 0.4) is 0 Å². The molecule has 1 aliphatic heterocycles. The van der Waals surface area contributed by atoms with Gasteiger partial charge in [-0.3, -0.25) is 4.79 Å². The molecular weight excluding hydrogens is 422 g/mol. The van der Waals surface area contributed by atoms with Gasteiger partial charge in [-0.25, -0.2) is 4.79 Å². The highest BCUT2D eigenvalue weighted by Gasteiger charge is 2.35. The first-order valence-electron chi connectivity index (χ1n) is 11.5. The number of thiophene rings is 1. The summed E-state index contributed by atoms with van der Waals surface area (Å²) in [4.78, 5) is 30.9. The first-order chi connectivity index (χ1) is 15.5. The van der Waals surface area contributed by atoms with E-state index in [2.05, 4.69) is 29.8 Å². The molecule has 6 nitrogen and oxygen atoms in total. The van der Waals surface area contributed by atoms with Crippen LogP contribution in [-0.2, 0) is 11.2 Å². The van der Waals surface area contributed by atoms with E-state index >= 15 is 0 Å². The van der Waals surface area contributed by atoms with Crippen LogP contribution in [0.5, 0.6) is 5.75 Å². The lowest BCUT2D eigenvalue weighted by atomic mass is 10.00. The van der Waals surface area contributed by atoms with Crippen molar-refractivity contribution in [2.24, 2.45) is 5.92 Å². The second-order valence-electron chi connectivity index (χ2n) is 8.89. The molecule has 0 unspecified atom stereocenters. The normalized spacial score (nSPS) is 17.6. The van der Waals surface area contributed by atoms with E-state index in [1.165, 1.54) is 16.0 Å². The molecule has 172 valence electrons. The number of nitrogens with one attached hydrogen (secondary N) is 1. The Hall–Kier alpha value is -2.54. The van der Waals surface area contributed by atoms with Crippen LogP contribution in [-0.4, -0.2) is 54.5 Å². The van der Waals surface area contributed by atoms with Crippen LogP contribution in [0, 0.1) is 19.8 Å². The topological polar surface area (TPSA) is 61.9 Å². The van der Waals surface area contributed by atoms with E-state index in [-0.39, 0.29) is 24.5 Å². The van der Waals surface area contributed by atoms with Gasteiger partial charge in [0.05, 0.1) is 6.04 Å². The molecule has 4 rings (SSSR count). The van der Waals surface area contributed by atoms with Gasteiger partial charge in [0.2, 0.25) is 5.91 Å². The Labute approximate surface area is 194 Å². The Bertz CT molecular complexity index is 969. The number of fused-ring (bicyclic) bond motifs is 1. The predicted octanol–water partition coefficient (Wildman–Crippen LogP) is 4.31. The average molecular weight is 456 g/mol. The van der Waals surface area contributed by atoms with Crippen molar-refractivity contribution in [2.45, 2.75) is 46.1 Å². The molecule has 1 N–H and O–H groups in total. The molecule has 1 saturated carbocycles. The van der Waals surface area contributed by atoms with E-state index in [1.807, 2.05) is 30.9 Å². The van der Waals surface area contributed by atoms with Crippen LogP contribution in [0.15, 0.2) is 29.6 Å². The molecule has 2 aliphatic rings. The minimum absolute atomic E-state index is 0.0111. The predicted molar refractivity (Wildman–Crippen MR) is 127 cm³/mol. The molecule has 2 heterocycles. The van der Waals surface area contributed by atoms with Crippen LogP contribution in [0.4, 0.5) is 4.79 Å². The van der Waals surface area contributed by atoms with Crippen molar-refractivity contribution in [3.63, 3.8) is 0 Å². The van der Waals surface area contributed by atoms with E-state index in [0.29, 0.717) is 32.2 Å². The van der Waals surface area contributed by atoms with Gasteiger partial charge in [0.15, 0.2) is 0 Å². The summed E-state index contributed by atoms with van der Waals surface area (Å²) in [5.74, 6) is 1.37. The van der Waals surface area contributed by atoms with Crippen molar-refractivity contribution in [2.75, 3.05) is 32.8 Å². The molecule has 3 amide bonds. The average Bonchev–Trinajstić information content (AvgIpc) is 3.45. The molecule has 0 radical (unpaired) electrons. The first kappa shape index (κ1) is 22.6. The molecule has 2 aromatic rings. The molecule has 1 aliphatic carbocycles. The number of amides is 3. The number of hydrogen-bond acceptors (Lipinski definition) is 4. The molecule has 0 saturated heterocycles. The highest BCUT2D eigenvalue weighted by atomic mass is 32.1. The zero-order valence-electron chi connectivity index (χ0n) is 19.2. The zero-order valence-corrected chi connectivity index (χ0v) is 20.0. The summed E-state index contributed by atoms with van der Waals surface area (Å²) in [6.45, 7) is 8.40. The number of rotatable bonds is 8. The fraction of sp³-hybridized carbons (Fsp3) is 0.520. The van der Waals surface area contributed by atoms with Gasteiger partial charge in [0.25, 0.3) is 0 Å². The van der Waals surface area contributed by atoms with E-state index < -0.39 is 0 Å². The number of hydrogen-bond donors (Lipinski definition) is 1. The lowest BCUT2D eigenvalue weighted by Gasteiger charge is -2.37. The van der Waals surface area contributed by atoms with Gasteiger partial charge >= 0.3 is 6.03 Å². The Morgan fingerprint density at radius 1 is 1.25 bits per heavy atom. The van der Waals surface area contributed by atoms with E-state index in [0.717, 1.165) is 30.6 Å². The van der Waals surface area contributed by atoms with Crippen molar-refractivity contribution in [3.05, 3.63) is 51.2 Å². The summed E-state index contributed by atoms with van der Waals surface area (Å²) in [7, 11) is 0. The number of benzene rings is 1. The lowest BCUT2D eigenvalue weighted by Crippen LogP contribution is -2.50. The third-order valence-electron chi connectivity index (χ3n) is 6.26. The molecule has 7 heteroatoms. The maximum atomic E-state index is 13.4. The van der Waals surface area contributed by atoms with Gasteiger partial charge in [-0.2, -0.15) is 0 Å². The summed E-state index contributed by atoms with van der Waals surface area (Å²) in [5.41, 5.74) is 3.47. The third-order valence-corrected chi connectivity index (χ3v) is 7.26. The largest absolute Gasteiger partial charge is 0.491 e. The molecule has 1 fully saturated rings. The van der Waals surface area contributed by atoms with Gasteiger partial charge in [-0.05, 0) is 74.6 Å². The summed E-state index contributed by atoms with van der Waals surface area (Å²) in [5, 5.41) is 4.95. The monoisotopic (exact) mass is 455 g/mol. The van der Waals surface area contributed by atoms with Gasteiger partial charge in [-0.1, -0.05) is 17.7 Å². The summed E-state index contributed by atoms with van der Waals surface area (Å²) >= 11 is 1.74. The third kappa shape index (κ3) is 5.26. The Balaban J connectivity index is 1.50. The zero-order chi connectivity index (χ0) is 22.7. The number of aryl methyl sites for hydroxylation is 2. The fourth-order valence-electron chi connectivity index (χ4n) is 4.35. The SMILES string of the molecule is CCNC(=O)N(CC(=O)N1CCc2sccc2[C@H]1COc1ccc(C)cc1C)CC1CC1.